The fraction of sp³-hybridized carbons (Fsp3) is 0.292. The molecule has 182 valence electrons. The number of carbonyl (C=O) groups is 1. The van der Waals surface area contributed by atoms with Crippen molar-refractivity contribution in [1.29, 1.82) is 0 Å². The smallest absolute Gasteiger partial charge is 0.353 e. The van der Waals surface area contributed by atoms with E-state index in [0.717, 1.165) is 11.4 Å². The number of hydrogen-bond acceptors (Lipinski definition) is 10. The minimum Gasteiger partial charge on any atom is -0.497 e. The average molecular weight is 479 g/mol. The highest BCUT2D eigenvalue weighted by molar-refractivity contribution is 5.97. The van der Waals surface area contributed by atoms with Gasteiger partial charge in [0.2, 0.25) is 11.6 Å². The second kappa shape index (κ2) is 10.2. The summed E-state index contributed by atoms with van der Waals surface area (Å²) in [4.78, 5) is 38.1. The van der Waals surface area contributed by atoms with Gasteiger partial charge in [-0.3, -0.25) is 10.1 Å². The van der Waals surface area contributed by atoms with Gasteiger partial charge in [-0.25, -0.2) is 14.8 Å². The molecule has 0 saturated carbocycles. The highest BCUT2D eigenvalue weighted by Gasteiger charge is 2.32. The Morgan fingerprint density at radius 3 is 2.29 bits per heavy atom. The molecule has 11 heteroatoms. The van der Waals surface area contributed by atoms with E-state index in [1.165, 1.54) is 18.3 Å². The largest absolute Gasteiger partial charge is 0.497 e. The van der Waals surface area contributed by atoms with Gasteiger partial charge < -0.3 is 24.2 Å². The number of carbonyl (C=O) groups excluding carboxylic acids is 1. The first-order valence-corrected chi connectivity index (χ1v) is 11.0. The van der Waals surface area contributed by atoms with Crippen LogP contribution in [0.5, 0.6) is 5.75 Å². The SMILES string of the molecule is COC(=O)c1ccccc1N(C)c1ncnc(N2CCN(c3ccc(OC)cc3)CC2)c1[N+](=O)[O-]. The Morgan fingerprint density at radius 2 is 1.66 bits per heavy atom. The van der Waals surface area contributed by atoms with Crippen LogP contribution in [0.3, 0.4) is 0 Å². The normalized spacial score (nSPS) is 13.3. The van der Waals surface area contributed by atoms with Crippen LogP contribution in [0.4, 0.5) is 28.7 Å². The molecule has 1 aliphatic heterocycles. The molecule has 0 N–H and O–H groups in total. The summed E-state index contributed by atoms with van der Waals surface area (Å²) in [5.41, 5.74) is 1.56. The van der Waals surface area contributed by atoms with Gasteiger partial charge >= 0.3 is 11.7 Å². The topological polar surface area (TPSA) is 114 Å². The zero-order valence-electron chi connectivity index (χ0n) is 19.7. The first-order chi connectivity index (χ1) is 16.9. The lowest BCUT2D eigenvalue weighted by Crippen LogP contribution is -2.47. The van der Waals surface area contributed by atoms with Gasteiger partial charge in [0.15, 0.2) is 0 Å². The molecule has 11 nitrogen and oxygen atoms in total. The highest BCUT2D eigenvalue weighted by Crippen LogP contribution is 2.38. The van der Waals surface area contributed by atoms with Crippen molar-refractivity contribution in [3.63, 3.8) is 0 Å². The minimum absolute atomic E-state index is 0.0916. The van der Waals surface area contributed by atoms with E-state index in [9.17, 15) is 14.9 Å². The molecule has 1 fully saturated rings. The summed E-state index contributed by atoms with van der Waals surface area (Å²) < 4.78 is 10.1. The lowest BCUT2D eigenvalue weighted by Gasteiger charge is -2.36. The molecule has 0 radical (unpaired) electrons. The molecule has 4 rings (SSSR count). The van der Waals surface area contributed by atoms with E-state index in [1.54, 1.807) is 38.4 Å². The number of anilines is 4. The van der Waals surface area contributed by atoms with Crippen LogP contribution < -0.4 is 19.4 Å². The van der Waals surface area contributed by atoms with Crippen molar-refractivity contribution < 1.29 is 19.2 Å². The molecule has 1 aliphatic rings. The molecule has 0 unspecified atom stereocenters. The van der Waals surface area contributed by atoms with Crippen LogP contribution in [-0.2, 0) is 4.74 Å². The van der Waals surface area contributed by atoms with Crippen LogP contribution in [0.1, 0.15) is 10.4 Å². The van der Waals surface area contributed by atoms with Gasteiger partial charge in [0.1, 0.15) is 12.1 Å². The van der Waals surface area contributed by atoms with Crippen molar-refractivity contribution >= 4 is 34.7 Å². The van der Waals surface area contributed by atoms with E-state index in [1.807, 2.05) is 29.2 Å². The molecule has 0 bridgehead atoms. The van der Waals surface area contributed by atoms with Crippen LogP contribution in [0.2, 0.25) is 0 Å². The van der Waals surface area contributed by atoms with E-state index in [-0.39, 0.29) is 22.9 Å². The zero-order chi connectivity index (χ0) is 24.9. The number of rotatable bonds is 7. The van der Waals surface area contributed by atoms with Crippen LogP contribution >= 0.6 is 0 Å². The number of nitrogens with zero attached hydrogens (tertiary/aromatic N) is 6. The Labute approximate surface area is 202 Å². The van der Waals surface area contributed by atoms with Gasteiger partial charge in [-0.2, -0.15) is 0 Å². The maximum absolute atomic E-state index is 12.3. The third-order valence-electron chi connectivity index (χ3n) is 5.97. The van der Waals surface area contributed by atoms with Gasteiger partial charge in [-0.05, 0) is 36.4 Å². The Kier molecular flexibility index (Phi) is 6.95. The molecule has 2 aromatic carbocycles. The van der Waals surface area contributed by atoms with E-state index in [4.69, 9.17) is 9.47 Å². The van der Waals surface area contributed by atoms with Crippen molar-refractivity contribution in [2.45, 2.75) is 0 Å². The number of esters is 1. The summed E-state index contributed by atoms with van der Waals surface area (Å²) in [5, 5.41) is 12.2. The van der Waals surface area contributed by atoms with Gasteiger partial charge in [0.25, 0.3) is 0 Å². The second-order valence-corrected chi connectivity index (χ2v) is 7.87. The summed E-state index contributed by atoms with van der Waals surface area (Å²) in [6.07, 6.45) is 1.31. The Balaban J connectivity index is 1.61. The van der Waals surface area contributed by atoms with Crippen LogP contribution in [0, 0.1) is 10.1 Å². The lowest BCUT2D eigenvalue weighted by molar-refractivity contribution is -0.383. The quantitative estimate of drug-likeness (QED) is 0.285. The first-order valence-electron chi connectivity index (χ1n) is 11.0. The average Bonchev–Trinajstić information content (AvgIpc) is 2.91. The zero-order valence-corrected chi connectivity index (χ0v) is 19.7. The second-order valence-electron chi connectivity index (χ2n) is 7.87. The molecule has 0 atom stereocenters. The maximum Gasteiger partial charge on any atom is 0.353 e. The summed E-state index contributed by atoms with van der Waals surface area (Å²) >= 11 is 0. The molecule has 0 spiro atoms. The van der Waals surface area contributed by atoms with Crippen LogP contribution in [-0.4, -0.2) is 68.3 Å². The number of methoxy groups -OCH3 is 2. The van der Waals surface area contributed by atoms with Crippen molar-refractivity contribution in [2.75, 3.05) is 62.1 Å². The number of aromatic nitrogens is 2. The summed E-state index contributed by atoms with van der Waals surface area (Å²) in [6.45, 7) is 2.44. The van der Waals surface area contributed by atoms with Crippen LogP contribution in [0.25, 0.3) is 0 Å². The maximum atomic E-state index is 12.3. The van der Waals surface area contributed by atoms with Gasteiger partial charge in [-0.15, -0.1) is 0 Å². The number of hydrogen-bond donors (Lipinski definition) is 0. The van der Waals surface area contributed by atoms with Crippen molar-refractivity contribution in [3.05, 3.63) is 70.5 Å². The van der Waals surface area contributed by atoms with Crippen molar-refractivity contribution in [1.82, 2.24) is 9.97 Å². The molecule has 0 amide bonds. The molecule has 1 saturated heterocycles. The molecular formula is C24H26N6O5. The molecule has 0 aliphatic carbocycles. The molecule has 35 heavy (non-hydrogen) atoms. The fourth-order valence-corrected chi connectivity index (χ4v) is 4.13. The predicted molar refractivity (Wildman–Crippen MR) is 132 cm³/mol. The van der Waals surface area contributed by atoms with E-state index in [0.29, 0.717) is 31.9 Å². The number of piperazine rings is 1. The van der Waals surface area contributed by atoms with Crippen LogP contribution in [0.15, 0.2) is 54.9 Å². The Hall–Kier alpha value is -4.41. The van der Waals surface area contributed by atoms with Gasteiger partial charge in [0, 0.05) is 38.9 Å². The number of nitro groups is 1. The van der Waals surface area contributed by atoms with E-state index in [2.05, 4.69) is 14.9 Å². The third kappa shape index (κ3) is 4.79. The summed E-state index contributed by atoms with van der Waals surface area (Å²) in [7, 11) is 4.54. The number of para-hydroxylation sites is 1. The molecule has 1 aromatic heterocycles. The number of benzene rings is 2. The summed E-state index contributed by atoms with van der Waals surface area (Å²) in [6, 6.07) is 14.5. The van der Waals surface area contributed by atoms with Gasteiger partial charge in [-0.1, -0.05) is 12.1 Å². The first kappa shape index (κ1) is 23.7. The monoisotopic (exact) mass is 478 g/mol. The third-order valence-corrected chi connectivity index (χ3v) is 5.97. The fourth-order valence-electron chi connectivity index (χ4n) is 4.13. The lowest BCUT2D eigenvalue weighted by atomic mass is 10.1. The molecule has 2 heterocycles. The van der Waals surface area contributed by atoms with E-state index < -0.39 is 10.9 Å². The van der Waals surface area contributed by atoms with Crippen molar-refractivity contribution in [3.8, 4) is 5.75 Å². The molecular weight excluding hydrogens is 452 g/mol. The van der Waals surface area contributed by atoms with Gasteiger partial charge in [0.05, 0.1) is 30.4 Å². The predicted octanol–water partition coefficient (Wildman–Crippen LogP) is 3.27. The summed E-state index contributed by atoms with van der Waals surface area (Å²) in [5.74, 6) is 0.583. The highest BCUT2D eigenvalue weighted by atomic mass is 16.6. The minimum atomic E-state index is -0.543. The standard InChI is InChI=1S/C24H26N6O5/c1-27(20-7-5-4-6-19(20)24(31)35-3)22-21(30(32)33)23(26-16-25-22)29-14-12-28(13-15-29)17-8-10-18(34-2)11-9-17/h4-11,16H,12-15H2,1-3H3. The Bertz CT molecular complexity index is 1210. The molecule has 3 aromatic rings. The Morgan fingerprint density at radius 1 is 1.00 bits per heavy atom. The van der Waals surface area contributed by atoms with Crippen molar-refractivity contribution in [2.24, 2.45) is 0 Å². The number of ether oxygens (including phenoxy) is 2. The van der Waals surface area contributed by atoms with E-state index >= 15 is 0 Å².